The van der Waals surface area contributed by atoms with Gasteiger partial charge in [0.25, 0.3) is 0 Å². The summed E-state index contributed by atoms with van der Waals surface area (Å²) < 4.78 is 0. The second-order valence-corrected chi connectivity index (χ2v) is 5.58. The second-order valence-electron chi connectivity index (χ2n) is 5.58. The largest absolute Gasteiger partial charge is 0.370 e. The van der Waals surface area contributed by atoms with Crippen molar-refractivity contribution in [3.63, 3.8) is 0 Å². The molecule has 0 spiro atoms. The standard InChI is InChI=1S/C16H26N2/c1-4-14(3)16-12-18(10-6-9-17-16)15-8-5-7-13(2)11-15/h5,7-8,11,14,16-17H,4,6,9-10,12H2,1-3H3. The van der Waals surface area contributed by atoms with E-state index in [2.05, 4.69) is 55.3 Å². The van der Waals surface area contributed by atoms with E-state index in [4.69, 9.17) is 0 Å². The number of nitrogens with one attached hydrogen (secondary N) is 1. The third-order valence-corrected chi connectivity index (χ3v) is 4.13. The number of benzene rings is 1. The molecule has 1 heterocycles. The molecule has 1 aliphatic heterocycles. The van der Waals surface area contributed by atoms with Crippen molar-refractivity contribution < 1.29 is 0 Å². The zero-order valence-corrected chi connectivity index (χ0v) is 11.9. The smallest absolute Gasteiger partial charge is 0.0369 e. The fourth-order valence-corrected chi connectivity index (χ4v) is 2.68. The normalized spacial score (nSPS) is 22.6. The zero-order valence-electron chi connectivity index (χ0n) is 11.9. The van der Waals surface area contributed by atoms with E-state index in [0.717, 1.165) is 19.0 Å². The molecule has 2 heteroatoms. The van der Waals surface area contributed by atoms with Gasteiger partial charge < -0.3 is 10.2 Å². The van der Waals surface area contributed by atoms with Crippen LogP contribution in [0, 0.1) is 12.8 Å². The third-order valence-electron chi connectivity index (χ3n) is 4.13. The molecule has 1 saturated heterocycles. The number of rotatable bonds is 3. The van der Waals surface area contributed by atoms with Gasteiger partial charge in [0.15, 0.2) is 0 Å². The summed E-state index contributed by atoms with van der Waals surface area (Å²) in [6, 6.07) is 9.51. The van der Waals surface area contributed by atoms with Crippen molar-refractivity contribution in [3.05, 3.63) is 29.8 Å². The zero-order chi connectivity index (χ0) is 13.0. The maximum absolute atomic E-state index is 3.70. The highest BCUT2D eigenvalue weighted by atomic mass is 15.2. The number of aryl methyl sites for hydroxylation is 1. The van der Waals surface area contributed by atoms with Crippen LogP contribution in [-0.2, 0) is 0 Å². The summed E-state index contributed by atoms with van der Waals surface area (Å²) >= 11 is 0. The highest BCUT2D eigenvalue weighted by Gasteiger charge is 2.21. The summed E-state index contributed by atoms with van der Waals surface area (Å²) in [6.45, 7) is 10.3. The van der Waals surface area contributed by atoms with Crippen molar-refractivity contribution >= 4 is 5.69 Å². The van der Waals surface area contributed by atoms with Crippen LogP contribution in [0.2, 0.25) is 0 Å². The van der Waals surface area contributed by atoms with Crippen LogP contribution >= 0.6 is 0 Å². The Kier molecular flexibility index (Phi) is 4.65. The van der Waals surface area contributed by atoms with E-state index in [9.17, 15) is 0 Å². The van der Waals surface area contributed by atoms with Crippen molar-refractivity contribution in [1.29, 1.82) is 0 Å². The lowest BCUT2D eigenvalue weighted by Crippen LogP contribution is -2.42. The van der Waals surface area contributed by atoms with E-state index < -0.39 is 0 Å². The molecule has 1 aromatic carbocycles. The van der Waals surface area contributed by atoms with Gasteiger partial charge in [0.2, 0.25) is 0 Å². The van der Waals surface area contributed by atoms with Gasteiger partial charge in [-0.1, -0.05) is 32.4 Å². The summed E-state index contributed by atoms with van der Waals surface area (Å²) in [5.41, 5.74) is 2.73. The molecule has 18 heavy (non-hydrogen) atoms. The highest BCUT2D eigenvalue weighted by Crippen LogP contribution is 2.20. The number of hydrogen-bond acceptors (Lipinski definition) is 2. The van der Waals surface area contributed by atoms with Crippen molar-refractivity contribution in [3.8, 4) is 0 Å². The molecule has 0 saturated carbocycles. The summed E-state index contributed by atoms with van der Waals surface area (Å²) in [7, 11) is 0. The minimum Gasteiger partial charge on any atom is -0.370 e. The Labute approximate surface area is 111 Å². The summed E-state index contributed by atoms with van der Waals surface area (Å²) in [4.78, 5) is 2.55. The predicted molar refractivity (Wildman–Crippen MR) is 79.3 cm³/mol. The molecule has 0 aliphatic carbocycles. The molecule has 1 fully saturated rings. The van der Waals surface area contributed by atoms with Crippen LogP contribution < -0.4 is 10.2 Å². The van der Waals surface area contributed by atoms with Gasteiger partial charge in [0, 0.05) is 24.8 Å². The van der Waals surface area contributed by atoms with Crippen LogP contribution in [-0.4, -0.2) is 25.7 Å². The first kappa shape index (κ1) is 13.4. The maximum atomic E-state index is 3.70. The van der Waals surface area contributed by atoms with Crippen molar-refractivity contribution in [1.82, 2.24) is 5.32 Å². The van der Waals surface area contributed by atoms with Gasteiger partial charge in [0.1, 0.15) is 0 Å². The first-order chi connectivity index (χ1) is 8.70. The van der Waals surface area contributed by atoms with E-state index in [1.165, 1.54) is 30.6 Å². The number of anilines is 1. The van der Waals surface area contributed by atoms with Gasteiger partial charge >= 0.3 is 0 Å². The van der Waals surface area contributed by atoms with E-state index in [0.29, 0.717) is 6.04 Å². The van der Waals surface area contributed by atoms with Crippen LogP contribution in [0.4, 0.5) is 5.69 Å². The van der Waals surface area contributed by atoms with Crippen LogP contribution in [0.1, 0.15) is 32.3 Å². The Morgan fingerprint density at radius 1 is 1.44 bits per heavy atom. The Morgan fingerprint density at radius 3 is 3.00 bits per heavy atom. The van der Waals surface area contributed by atoms with Crippen LogP contribution in [0.15, 0.2) is 24.3 Å². The number of nitrogens with zero attached hydrogens (tertiary/aromatic N) is 1. The average Bonchev–Trinajstić information content (AvgIpc) is 2.63. The molecule has 1 aliphatic rings. The fourth-order valence-electron chi connectivity index (χ4n) is 2.68. The molecular formula is C16H26N2. The molecule has 2 nitrogen and oxygen atoms in total. The minimum absolute atomic E-state index is 0.623. The average molecular weight is 246 g/mol. The van der Waals surface area contributed by atoms with Crippen LogP contribution in [0.3, 0.4) is 0 Å². The lowest BCUT2D eigenvalue weighted by atomic mass is 9.99. The monoisotopic (exact) mass is 246 g/mol. The van der Waals surface area contributed by atoms with E-state index >= 15 is 0 Å². The van der Waals surface area contributed by atoms with Crippen LogP contribution in [0.5, 0.6) is 0 Å². The van der Waals surface area contributed by atoms with Crippen molar-refractivity contribution in [2.24, 2.45) is 5.92 Å². The van der Waals surface area contributed by atoms with E-state index in [1.807, 2.05) is 0 Å². The quantitative estimate of drug-likeness (QED) is 0.881. The summed E-state index contributed by atoms with van der Waals surface area (Å²) in [5, 5.41) is 3.70. The highest BCUT2D eigenvalue weighted by molar-refractivity contribution is 5.48. The van der Waals surface area contributed by atoms with Gasteiger partial charge in [-0.05, 0) is 43.5 Å². The van der Waals surface area contributed by atoms with E-state index in [-0.39, 0.29) is 0 Å². The fraction of sp³-hybridized carbons (Fsp3) is 0.625. The molecule has 2 unspecified atom stereocenters. The Balaban J connectivity index is 2.11. The lowest BCUT2D eigenvalue weighted by Gasteiger charge is -2.29. The first-order valence-electron chi connectivity index (χ1n) is 7.25. The first-order valence-corrected chi connectivity index (χ1v) is 7.25. The summed E-state index contributed by atoms with van der Waals surface area (Å²) in [5.74, 6) is 0.746. The third kappa shape index (κ3) is 3.26. The van der Waals surface area contributed by atoms with Crippen LogP contribution in [0.25, 0.3) is 0 Å². The molecule has 100 valence electrons. The number of hydrogen-bond donors (Lipinski definition) is 1. The molecule has 0 radical (unpaired) electrons. The molecule has 0 aromatic heterocycles. The molecular weight excluding hydrogens is 220 g/mol. The minimum atomic E-state index is 0.623. The van der Waals surface area contributed by atoms with Gasteiger partial charge in [-0.3, -0.25) is 0 Å². The Morgan fingerprint density at radius 2 is 2.28 bits per heavy atom. The Hall–Kier alpha value is -1.02. The molecule has 0 bridgehead atoms. The van der Waals surface area contributed by atoms with Crippen molar-refractivity contribution in [2.75, 3.05) is 24.5 Å². The summed E-state index contributed by atoms with van der Waals surface area (Å²) in [6.07, 6.45) is 2.49. The molecule has 2 atom stereocenters. The topological polar surface area (TPSA) is 15.3 Å². The molecule has 2 rings (SSSR count). The molecule has 1 aromatic rings. The second kappa shape index (κ2) is 6.24. The van der Waals surface area contributed by atoms with E-state index in [1.54, 1.807) is 0 Å². The Bertz CT molecular complexity index is 375. The SMILES string of the molecule is CCC(C)C1CN(c2cccc(C)c2)CCCN1. The van der Waals surface area contributed by atoms with Gasteiger partial charge in [-0.15, -0.1) is 0 Å². The van der Waals surface area contributed by atoms with Gasteiger partial charge in [-0.25, -0.2) is 0 Å². The maximum Gasteiger partial charge on any atom is 0.0369 e. The van der Waals surface area contributed by atoms with Crippen molar-refractivity contribution in [2.45, 2.75) is 39.7 Å². The predicted octanol–water partition coefficient (Wildman–Crippen LogP) is 3.21. The molecule has 0 amide bonds. The van der Waals surface area contributed by atoms with Gasteiger partial charge in [0.05, 0.1) is 0 Å². The lowest BCUT2D eigenvalue weighted by molar-refractivity contribution is 0.384. The van der Waals surface area contributed by atoms with Gasteiger partial charge in [-0.2, -0.15) is 0 Å². The molecule has 1 N–H and O–H groups in total.